The second-order valence-corrected chi connectivity index (χ2v) is 8.50. The molecule has 2 aromatic heterocycles. The molecule has 150 valence electrons. The monoisotopic (exact) mass is 412 g/mol. The highest BCUT2D eigenvalue weighted by molar-refractivity contribution is 7.92. The van der Waals surface area contributed by atoms with Crippen molar-refractivity contribution in [1.29, 1.82) is 0 Å². The van der Waals surface area contributed by atoms with Crippen molar-refractivity contribution in [1.82, 2.24) is 28.8 Å². The molecule has 0 unspecified atom stereocenters. The normalized spacial score (nSPS) is 16.0. The maximum absolute atomic E-state index is 12.7. The van der Waals surface area contributed by atoms with E-state index in [1.807, 2.05) is 37.3 Å². The fraction of sp³-hybridized carbons (Fsp3) is 0.263. The van der Waals surface area contributed by atoms with E-state index < -0.39 is 10.0 Å². The standard InChI is InChI=1S/C19H20N6O3S/c1-15-7-9-20-19-21-17(22-25(15)19)18(26)23-10-12-24(13-11-23)29(27,28)14-8-16-5-3-2-4-6-16/h2-9,14H,10-13H2,1H3. The average Bonchev–Trinajstić information content (AvgIpc) is 3.18. The van der Waals surface area contributed by atoms with Crippen molar-refractivity contribution >= 4 is 27.8 Å². The topological polar surface area (TPSA) is 101 Å². The number of aryl methyl sites for hydroxylation is 1. The van der Waals surface area contributed by atoms with Gasteiger partial charge in [0, 0.05) is 43.5 Å². The van der Waals surface area contributed by atoms with Gasteiger partial charge < -0.3 is 4.90 Å². The van der Waals surface area contributed by atoms with Gasteiger partial charge in [-0.05, 0) is 24.6 Å². The molecule has 3 heterocycles. The van der Waals surface area contributed by atoms with Gasteiger partial charge in [-0.25, -0.2) is 17.9 Å². The minimum Gasteiger partial charge on any atom is -0.333 e. The largest absolute Gasteiger partial charge is 0.333 e. The lowest BCUT2D eigenvalue weighted by Gasteiger charge is -2.32. The summed E-state index contributed by atoms with van der Waals surface area (Å²) >= 11 is 0. The van der Waals surface area contributed by atoms with Crippen LogP contribution in [0.15, 0.2) is 48.0 Å². The molecule has 0 radical (unpaired) electrons. The Morgan fingerprint density at radius 3 is 2.48 bits per heavy atom. The predicted molar refractivity (Wildman–Crippen MR) is 107 cm³/mol. The number of benzene rings is 1. The summed E-state index contributed by atoms with van der Waals surface area (Å²) < 4.78 is 28.0. The van der Waals surface area contributed by atoms with Crippen LogP contribution in [0, 0.1) is 6.92 Å². The Morgan fingerprint density at radius 2 is 1.79 bits per heavy atom. The molecule has 1 aromatic carbocycles. The Labute approximate surface area is 168 Å². The van der Waals surface area contributed by atoms with E-state index in [1.54, 1.807) is 23.2 Å². The third-order valence-electron chi connectivity index (χ3n) is 4.74. The van der Waals surface area contributed by atoms with E-state index in [-0.39, 0.29) is 37.9 Å². The van der Waals surface area contributed by atoms with Gasteiger partial charge in [0.2, 0.25) is 15.8 Å². The van der Waals surface area contributed by atoms with E-state index >= 15 is 0 Å². The number of nitrogens with zero attached hydrogens (tertiary/aromatic N) is 6. The lowest BCUT2D eigenvalue weighted by atomic mass is 10.2. The smallest absolute Gasteiger partial charge is 0.293 e. The Bertz CT molecular complexity index is 1170. The Hall–Kier alpha value is -3.11. The molecule has 1 aliphatic heterocycles. The van der Waals surface area contributed by atoms with E-state index in [9.17, 15) is 13.2 Å². The van der Waals surface area contributed by atoms with Crippen LogP contribution in [0.1, 0.15) is 21.9 Å². The van der Waals surface area contributed by atoms with Crippen LogP contribution in [0.5, 0.6) is 0 Å². The van der Waals surface area contributed by atoms with Gasteiger partial charge in [-0.3, -0.25) is 4.79 Å². The second kappa shape index (κ2) is 7.72. The number of hydrogen-bond donors (Lipinski definition) is 0. The van der Waals surface area contributed by atoms with Crippen LogP contribution in [0.4, 0.5) is 0 Å². The highest BCUT2D eigenvalue weighted by atomic mass is 32.2. The second-order valence-electron chi connectivity index (χ2n) is 6.68. The summed E-state index contributed by atoms with van der Waals surface area (Å²) in [4.78, 5) is 22.6. The number of piperazine rings is 1. The molecule has 1 saturated heterocycles. The molecule has 9 nitrogen and oxygen atoms in total. The van der Waals surface area contributed by atoms with Gasteiger partial charge in [0.15, 0.2) is 0 Å². The lowest BCUT2D eigenvalue weighted by molar-refractivity contribution is 0.0686. The van der Waals surface area contributed by atoms with Gasteiger partial charge in [0.1, 0.15) is 0 Å². The molecule has 4 rings (SSSR count). The summed E-state index contributed by atoms with van der Waals surface area (Å²) in [6, 6.07) is 11.0. The van der Waals surface area contributed by atoms with Gasteiger partial charge in [0.25, 0.3) is 11.7 Å². The van der Waals surface area contributed by atoms with Crippen LogP contribution in [0.2, 0.25) is 0 Å². The number of rotatable bonds is 4. The van der Waals surface area contributed by atoms with Crippen molar-refractivity contribution in [3.63, 3.8) is 0 Å². The number of amides is 1. The van der Waals surface area contributed by atoms with Crippen LogP contribution in [0.25, 0.3) is 11.9 Å². The fourth-order valence-electron chi connectivity index (χ4n) is 3.10. The van der Waals surface area contributed by atoms with Crippen LogP contribution < -0.4 is 0 Å². The van der Waals surface area contributed by atoms with Gasteiger partial charge in [0.05, 0.1) is 0 Å². The molecule has 1 aliphatic rings. The number of carbonyl (C=O) groups is 1. The number of aromatic nitrogens is 4. The number of carbonyl (C=O) groups excluding carboxylic acids is 1. The zero-order valence-corrected chi connectivity index (χ0v) is 16.7. The number of fused-ring (bicyclic) bond motifs is 1. The molecular weight excluding hydrogens is 392 g/mol. The van der Waals surface area contributed by atoms with E-state index in [2.05, 4.69) is 15.1 Å². The number of sulfonamides is 1. The first-order valence-corrected chi connectivity index (χ1v) is 10.7. The predicted octanol–water partition coefficient (Wildman–Crippen LogP) is 1.19. The highest BCUT2D eigenvalue weighted by Gasteiger charge is 2.29. The van der Waals surface area contributed by atoms with Crippen LogP contribution in [-0.4, -0.2) is 69.3 Å². The quantitative estimate of drug-likeness (QED) is 0.638. The van der Waals surface area contributed by atoms with Crippen LogP contribution in [-0.2, 0) is 10.0 Å². The molecule has 0 aliphatic carbocycles. The van der Waals surface area contributed by atoms with Crippen molar-refractivity contribution < 1.29 is 13.2 Å². The molecule has 0 saturated carbocycles. The SMILES string of the molecule is Cc1ccnc2nc(C(=O)N3CCN(S(=O)(=O)C=Cc4ccccc4)CC3)nn12. The first-order valence-electron chi connectivity index (χ1n) is 9.15. The van der Waals surface area contributed by atoms with Gasteiger partial charge in [-0.15, -0.1) is 5.10 Å². The van der Waals surface area contributed by atoms with Crippen LogP contribution in [0.3, 0.4) is 0 Å². The van der Waals surface area contributed by atoms with E-state index in [1.165, 1.54) is 14.2 Å². The van der Waals surface area contributed by atoms with E-state index in [0.717, 1.165) is 11.3 Å². The van der Waals surface area contributed by atoms with Gasteiger partial charge >= 0.3 is 0 Å². The summed E-state index contributed by atoms with van der Waals surface area (Å²) in [5, 5.41) is 5.43. The molecule has 29 heavy (non-hydrogen) atoms. The summed E-state index contributed by atoms with van der Waals surface area (Å²) in [5.41, 5.74) is 1.63. The maximum atomic E-state index is 12.7. The summed E-state index contributed by atoms with van der Waals surface area (Å²) in [7, 11) is -3.55. The Morgan fingerprint density at radius 1 is 1.07 bits per heavy atom. The van der Waals surface area contributed by atoms with Gasteiger partial charge in [-0.1, -0.05) is 30.3 Å². The van der Waals surface area contributed by atoms with Crippen molar-refractivity contribution in [3.05, 3.63) is 65.1 Å². The lowest BCUT2D eigenvalue weighted by Crippen LogP contribution is -2.50. The first-order chi connectivity index (χ1) is 13.9. The Balaban J connectivity index is 1.42. The number of hydrogen-bond acceptors (Lipinski definition) is 6. The third-order valence-corrected chi connectivity index (χ3v) is 6.30. The zero-order valence-electron chi connectivity index (χ0n) is 15.8. The average molecular weight is 412 g/mol. The molecule has 0 bridgehead atoms. The Kier molecular flexibility index (Phi) is 5.12. The summed E-state index contributed by atoms with van der Waals surface area (Å²) in [6.07, 6.45) is 3.18. The fourth-order valence-corrected chi connectivity index (χ4v) is 4.27. The zero-order chi connectivity index (χ0) is 20.4. The van der Waals surface area contributed by atoms with Gasteiger partial charge in [-0.2, -0.15) is 9.29 Å². The molecule has 1 fully saturated rings. The van der Waals surface area contributed by atoms with E-state index in [4.69, 9.17) is 0 Å². The minimum atomic E-state index is -3.55. The molecule has 0 spiro atoms. The highest BCUT2D eigenvalue weighted by Crippen LogP contribution is 2.13. The molecule has 0 atom stereocenters. The molecule has 3 aromatic rings. The third kappa shape index (κ3) is 4.03. The summed E-state index contributed by atoms with van der Waals surface area (Å²) in [6.45, 7) is 2.85. The molecule has 0 N–H and O–H groups in total. The van der Waals surface area contributed by atoms with Crippen molar-refractivity contribution in [2.24, 2.45) is 0 Å². The molecule has 10 heteroatoms. The van der Waals surface area contributed by atoms with Crippen molar-refractivity contribution in [2.45, 2.75) is 6.92 Å². The first kappa shape index (κ1) is 19.2. The van der Waals surface area contributed by atoms with E-state index in [0.29, 0.717) is 5.78 Å². The maximum Gasteiger partial charge on any atom is 0.293 e. The molecular formula is C19H20N6O3S. The van der Waals surface area contributed by atoms with Crippen LogP contribution >= 0.6 is 0 Å². The minimum absolute atomic E-state index is 0.0621. The van der Waals surface area contributed by atoms with Crippen molar-refractivity contribution in [2.75, 3.05) is 26.2 Å². The summed E-state index contributed by atoms with van der Waals surface area (Å²) in [5.74, 6) is 0.0967. The molecule has 1 amide bonds. The van der Waals surface area contributed by atoms with Crippen molar-refractivity contribution in [3.8, 4) is 0 Å².